The molecule has 0 saturated heterocycles. The molecule has 13 heavy (non-hydrogen) atoms. The number of phenols is 1. The Labute approximate surface area is 80.3 Å². The summed E-state index contributed by atoms with van der Waals surface area (Å²) in [4.78, 5) is 6.35. The topological polar surface area (TPSA) is 36.4 Å². The lowest BCUT2D eigenvalue weighted by Gasteiger charge is -2.04. The van der Waals surface area contributed by atoms with E-state index in [1.165, 1.54) is 0 Å². The van der Waals surface area contributed by atoms with Gasteiger partial charge in [-0.25, -0.2) is 4.98 Å². The summed E-state index contributed by atoms with van der Waals surface area (Å²) in [5.74, 6) is 0.293. The molecule has 0 fully saturated rings. The maximum absolute atomic E-state index is 9.24. The molecule has 0 bridgehead atoms. The van der Waals surface area contributed by atoms with E-state index in [9.17, 15) is 5.11 Å². The van der Waals surface area contributed by atoms with Crippen molar-refractivity contribution in [3.8, 4) is 5.75 Å². The molecule has 2 rings (SSSR count). The van der Waals surface area contributed by atoms with E-state index in [0.29, 0.717) is 5.75 Å². The Kier molecular flexibility index (Phi) is 1.84. The fraction of sp³-hybridized carbons (Fsp3) is 0.222. The molecule has 1 heterocycles. The molecule has 0 aliphatic carbocycles. The molecule has 68 valence electrons. The first-order valence-corrected chi connectivity index (χ1v) is 4.75. The Morgan fingerprint density at radius 1 is 1.38 bits per heavy atom. The molecule has 0 spiro atoms. The van der Waals surface area contributed by atoms with Crippen molar-refractivity contribution in [2.75, 3.05) is 19.0 Å². The van der Waals surface area contributed by atoms with Crippen LogP contribution < -0.4 is 4.90 Å². The molecule has 0 atom stereocenters. The lowest BCUT2D eigenvalue weighted by molar-refractivity contribution is 0.476. The van der Waals surface area contributed by atoms with Gasteiger partial charge in [0.2, 0.25) is 0 Å². The van der Waals surface area contributed by atoms with Crippen molar-refractivity contribution >= 4 is 26.7 Å². The molecule has 0 radical (unpaired) electrons. The molecule has 3 nitrogen and oxygen atoms in total. The zero-order valence-electron chi connectivity index (χ0n) is 7.48. The second kappa shape index (κ2) is 2.88. The highest BCUT2D eigenvalue weighted by atomic mass is 32.1. The van der Waals surface area contributed by atoms with Crippen LogP contribution in [0.3, 0.4) is 0 Å². The highest BCUT2D eigenvalue weighted by Crippen LogP contribution is 2.29. The zero-order chi connectivity index (χ0) is 9.42. The third-order valence-corrected chi connectivity index (χ3v) is 2.93. The average Bonchev–Trinajstić information content (AvgIpc) is 2.46. The van der Waals surface area contributed by atoms with Crippen molar-refractivity contribution in [2.45, 2.75) is 0 Å². The Morgan fingerprint density at radius 3 is 2.85 bits per heavy atom. The van der Waals surface area contributed by atoms with Crippen molar-refractivity contribution in [1.82, 2.24) is 4.98 Å². The summed E-state index contributed by atoms with van der Waals surface area (Å²) in [7, 11) is 3.91. The minimum Gasteiger partial charge on any atom is -0.508 e. The van der Waals surface area contributed by atoms with Gasteiger partial charge in [0.1, 0.15) is 5.75 Å². The third-order valence-electron chi connectivity index (χ3n) is 1.74. The summed E-state index contributed by atoms with van der Waals surface area (Å²) in [5, 5.41) is 10.2. The van der Waals surface area contributed by atoms with Crippen LogP contribution in [0.25, 0.3) is 10.2 Å². The molecule has 0 aliphatic heterocycles. The normalized spacial score (nSPS) is 10.6. The molecule has 2 aromatic rings. The second-order valence-electron chi connectivity index (χ2n) is 3.04. The number of benzene rings is 1. The van der Waals surface area contributed by atoms with Crippen molar-refractivity contribution in [1.29, 1.82) is 0 Å². The van der Waals surface area contributed by atoms with E-state index < -0.39 is 0 Å². The zero-order valence-corrected chi connectivity index (χ0v) is 8.30. The highest BCUT2D eigenvalue weighted by Gasteiger charge is 2.04. The lowest BCUT2D eigenvalue weighted by atomic mass is 10.3. The van der Waals surface area contributed by atoms with E-state index in [2.05, 4.69) is 4.98 Å². The number of phenolic OH excluding ortho intramolecular Hbond substituents is 1. The maximum atomic E-state index is 9.24. The van der Waals surface area contributed by atoms with Gasteiger partial charge in [-0.15, -0.1) is 0 Å². The smallest absolute Gasteiger partial charge is 0.185 e. The van der Waals surface area contributed by atoms with Crippen LogP contribution >= 0.6 is 11.3 Å². The average molecular weight is 194 g/mol. The van der Waals surface area contributed by atoms with Gasteiger partial charge in [-0.1, -0.05) is 11.3 Å². The fourth-order valence-electron chi connectivity index (χ4n) is 1.09. The number of hydrogen-bond donors (Lipinski definition) is 1. The van der Waals surface area contributed by atoms with Gasteiger partial charge >= 0.3 is 0 Å². The van der Waals surface area contributed by atoms with Crippen LogP contribution in [0.1, 0.15) is 0 Å². The third kappa shape index (κ3) is 1.45. The molecule has 0 unspecified atom stereocenters. The molecular weight excluding hydrogens is 184 g/mol. The van der Waals surface area contributed by atoms with E-state index in [4.69, 9.17) is 0 Å². The second-order valence-corrected chi connectivity index (χ2v) is 4.05. The maximum Gasteiger partial charge on any atom is 0.185 e. The summed E-state index contributed by atoms with van der Waals surface area (Å²) < 4.78 is 1.02. The van der Waals surface area contributed by atoms with E-state index in [1.54, 1.807) is 23.5 Å². The number of nitrogens with zero attached hydrogens (tertiary/aromatic N) is 2. The van der Waals surface area contributed by atoms with Crippen LogP contribution in [0.4, 0.5) is 5.13 Å². The van der Waals surface area contributed by atoms with Crippen LogP contribution in [0.5, 0.6) is 5.75 Å². The molecule has 4 heteroatoms. The van der Waals surface area contributed by atoms with Gasteiger partial charge in [0, 0.05) is 14.1 Å². The van der Waals surface area contributed by atoms with E-state index in [1.807, 2.05) is 25.1 Å². The molecule has 1 N–H and O–H groups in total. The first-order chi connectivity index (χ1) is 6.16. The number of thiazole rings is 1. The number of aromatic nitrogens is 1. The van der Waals surface area contributed by atoms with Gasteiger partial charge in [0.25, 0.3) is 0 Å². The lowest BCUT2D eigenvalue weighted by Crippen LogP contribution is -2.07. The highest BCUT2D eigenvalue weighted by molar-refractivity contribution is 7.22. The van der Waals surface area contributed by atoms with E-state index in [-0.39, 0.29) is 0 Å². The van der Waals surface area contributed by atoms with E-state index in [0.717, 1.165) is 15.3 Å². The largest absolute Gasteiger partial charge is 0.508 e. The Morgan fingerprint density at radius 2 is 2.15 bits per heavy atom. The van der Waals surface area contributed by atoms with Gasteiger partial charge in [-0.2, -0.15) is 0 Å². The SMILES string of the molecule is CN(C)c1nc2ccc(O)cc2s1. The van der Waals surface area contributed by atoms with Crippen molar-refractivity contribution < 1.29 is 5.11 Å². The van der Waals surface area contributed by atoms with Crippen molar-refractivity contribution in [3.05, 3.63) is 18.2 Å². The van der Waals surface area contributed by atoms with Gasteiger partial charge in [0.15, 0.2) is 5.13 Å². The number of fused-ring (bicyclic) bond motifs is 1. The summed E-state index contributed by atoms with van der Waals surface area (Å²) in [5.41, 5.74) is 0.937. The monoisotopic (exact) mass is 194 g/mol. The van der Waals surface area contributed by atoms with Gasteiger partial charge in [-0.05, 0) is 18.2 Å². The van der Waals surface area contributed by atoms with Crippen LogP contribution in [0.2, 0.25) is 0 Å². The minimum atomic E-state index is 0.293. The van der Waals surface area contributed by atoms with Crippen molar-refractivity contribution in [3.63, 3.8) is 0 Å². The standard InChI is InChI=1S/C9H10N2OS/c1-11(2)9-10-7-4-3-6(12)5-8(7)13-9/h3-5,12H,1-2H3. The summed E-state index contributed by atoms with van der Waals surface area (Å²) in [6, 6.07) is 5.22. The molecule has 1 aromatic carbocycles. The van der Waals surface area contributed by atoms with Crippen LogP contribution in [0.15, 0.2) is 18.2 Å². The van der Waals surface area contributed by atoms with Gasteiger partial charge in [0.05, 0.1) is 10.2 Å². The predicted octanol–water partition coefficient (Wildman–Crippen LogP) is 2.07. The number of hydrogen-bond acceptors (Lipinski definition) is 4. The molecule has 1 aromatic heterocycles. The summed E-state index contributed by atoms with van der Waals surface area (Å²) in [6.45, 7) is 0. The van der Waals surface area contributed by atoms with Gasteiger partial charge in [-0.3, -0.25) is 0 Å². The number of aromatic hydroxyl groups is 1. The van der Waals surface area contributed by atoms with Gasteiger partial charge < -0.3 is 10.0 Å². The van der Waals surface area contributed by atoms with E-state index >= 15 is 0 Å². The Bertz CT molecular complexity index is 436. The predicted molar refractivity (Wildman–Crippen MR) is 55.6 cm³/mol. The molecule has 0 amide bonds. The fourth-order valence-corrected chi connectivity index (χ4v) is 2.01. The summed E-state index contributed by atoms with van der Waals surface area (Å²) in [6.07, 6.45) is 0. The number of anilines is 1. The van der Waals surface area contributed by atoms with Crippen molar-refractivity contribution in [2.24, 2.45) is 0 Å². The summed E-state index contributed by atoms with van der Waals surface area (Å²) >= 11 is 1.57. The molecule has 0 saturated carbocycles. The first-order valence-electron chi connectivity index (χ1n) is 3.94. The first kappa shape index (κ1) is 8.31. The number of rotatable bonds is 1. The Hall–Kier alpha value is -1.29. The van der Waals surface area contributed by atoms with Crippen LogP contribution in [0, 0.1) is 0 Å². The van der Waals surface area contributed by atoms with Crippen LogP contribution in [-0.4, -0.2) is 24.2 Å². The van der Waals surface area contributed by atoms with Crippen LogP contribution in [-0.2, 0) is 0 Å². The molecule has 0 aliphatic rings. The molecular formula is C9H10N2OS. The Balaban J connectivity index is 2.62. The minimum absolute atomic E-state index is 0.293. The quantitative estimate of drug-likeness (QED) is 0.755.